The molecular formula is C15H14N6O2+2. The monoisotopic (exact) mass is 310 g/mol. The van der Waals surface area contributed by atoms with Gasteiger partial charge in [0.25, 0.3) is 5.69 Å². The van der Waals surface area contributed by atoms with E-state index in [0.29, 0.717) is 5.96 Å². The Morgan fingerprint density at radius 3 is 2.87 bits per heavy atom. The molecule has 8 heteroatoms. The van der Waals surface area contributed by atoms with E-state index >= 15 is 0 Å². The van der Waals surface area contributed by atoms with Crippen molar-refractivity contribution in [3.63, 3.8) is 0 Å². The lowest BCUT2D eigenvalue weighted by Gasteiger charge is -2.16. The molecule has 0 amide bonds. The predicted molar refractivity (Wildman–Crippen MR) is 83.5 cm³/mol. The topological polar surface area (TPSA) is 115 Å². The largest absolute Gasteiger partial charge is 0.368 e. The number of nitrogens with one attached hydrogen (secondary N) is 3. The highest BCUT2D eigenvalue weighted by Gasteiger charge is 2.32. The molecule has 0 unspecified atom stereocenters. The number of nitrogens with zero attached hydrogens (tertiary/aromatic N) is 2. The molecule has 0 radical (unpaired) electrons. The quantitative estimate of drug-likeness (QED) is 0.296. The fraction of sp³-hybridized carbons (Fsp3) is 0.0667. The van der Waals surface area contributed by atoms with Crippen molar-refractivity contribution in [2.45, 2.75) is 6.17 Å². The van der Waals surface area contributed by atoms with Crippen LogP contribution in [0.15, 0.2) is 48.5 Å². The first kappa shape index (κ1) is 13.3. The summed E-state index contributed by atoms with van der Waals surface area (Å²) < 4.78 is 1.99. The summed E-state index contributed by atoms with van der Waals surface area (Å²) in [5.41, 5.74) is 8.63. The highest BCUT2D eigenvalue weighted by molar-refractivity contribution is 5.87. The van der Waals surface area contributed by atoms with Crippen molar-refractivity contribution in [3.05, 3.63) is 64.2 Å². The van der Waals surface area contributed by atoms with Crippen molar-refractivity contribution < 1.29 is 14.5 Å². The Bertz CT molecular complexity index is 962. The van der Waals surface area contributed by atoms with Crippen LogP contribution in [0.2, 0.25) is 0 Å². The second kappa shape index (κ2) is 4.80. The normalized spacial score (nSPS) is 16.5. The van der Waals surface area contributed by atoms with Gasteiger partial charge < -0.3 is 0 Å². The van der Waals surface area contributed by atoms with Gasteiger partial charge in [-0.3, -0.25) is 15.8 Å². The van der Waals surface area contributed by atoms with Crippen molar-refractivity contribution in [2.24, 2.45) is 5.73 Å². The van der Waals surface area contributed by atoms with E-state index in [-0.39, 0.29) is 11.9 Å². The fourth-order valence-corrected chi connectivity index (χ4v) is 2.87. The average Bonchev–Trinajstić information content (AvgIpc) is 2.92. The highest BCUT2D eigenvalue weighted by atomic mass is 16.6. The first-order valence-corrected chi connectivity index (χ1v) is 7.06. The number of nitrogens with two attached hydrogens (primary N) is 1. The third kappa shape index (κ3) is 2.08. The number of hydrogen-bond acceptors (Lipinski definition) is 4. The van der Waals surface area contributed by atoms with E-state index in [9.17, 15) is 10.1 Å². The number of para-hydroxylation sites is 2. The molecule has 114 valence electrons. The number of benzene rings is 2. The molecule has 3 aromatic rings. The second-order valence-corrected chi connectivity index (χ2v) is 5.30. The minimum atomic E-state index is -0.404. The van der Waals surface area contributed by atoms with Crippen LogP contribution in [0.25, 0.3) is 11.0 Å². The molecule has 2 aromatic carbocycles. The van der Waals surface area contributed by atoms with Crippen molar-refractivity contribution >= 4 is 28.6 Å². The van der Waals surface area contributed by atoms with Gasteiger partial charge in [-0.05, 0) is 12.1 Å². The zero-order valence-electron chi connectivity index (χ0n) is 12.0. The van der Waals surface area contributed by atoms with Crippen LogP contribution in [-0.4, -0.2) is 15.9 Å². The van der Waals surface area contributed by atoms with Gasteiger partial charge in [0.05, 0.1) is 4.92 Å². The summed E-state index contributed by atoms with van der Waals surface area (Å²) in [6.07, 6.45) is -0.345. The maximum Gasteiger partial charge on any atom is 0.368 e. The molecule has 0 bridgehead atoms. The Labute approximate surface area is 130 Å². The number of non-ortho nitro benzene ring substituents is 1. The molecule has 5 N–H and O–H groups in total. The lowest BCUT2D eigenvalue weighted by atomic mass is 10.1. The Balaban J connectivity index is 1.93. The number of anilines is 1. The number of H-pyrrole nitrogens is 1. The standard InChI is InChI=1S/C15H12N6O2/c16-14-18-13(9-4-3-5-10(8-9)21(22)23)20-12-7-2-1-6-11(12)17-15(20)19-14/h1-8,13H,(H3,16,17,18,19)/p+2/t13-/m0/s1. The van der Waals surface area contributed by atoms with Gasteiger partial charge in [0.2, 0.25) is 6.17 Å². The maximum atomic E-state index is 11.0. The SMILES string of the molecule is NC1=[NH+][C@H](c2cccc([N+](=O)[O-])c2)[n+]2c([nH]c3ccccc32)N1. The molecule has 2 heterocycles. The minimum absolute atomic E-state index is 0.0448. The smallest absolute Gasteiger partial charge is 0.290 e. The molecule has 1 aliphatic rings. The van der Waals surface area contributed by atoms with Crippen LogP contribution in [-0.2, 0) is 0 Å². The Morgan fingerprint density at radius 2 is 2.04 bits per heavy atom. The molecule has 4 rings (SSSR count). The fourth-order valence-electron chi connectivity index (χ4n) is 2.87. The van der Waals surface area contributed by atoms with Gasteiger partial charge in [-0.15, -0.1) is 0 Å². The number of rotatable bonds is 2. The summed E-state index contributed by atoms with van der Waals surface area (Å²) >= 11 is 0. The van der Waals surface area contributed by atoms with Crippen LogP contribution in [0, 0.1) is 10.1 Å². The van der Waals surface area contributed by atoms with Gasteiger partial charge in [-0.1, -0.05) is 24.3 Å². The van der Waals surface area contributed by atoms with E-state index in [2.05, 4.69) is 15.3 Å². The predicted octanol–water partition coefficient (Wildman–Crippen LogP) is -0.269. The molecule has 0 fully saturated rings. The van der Waals surface area contributed by atoms with Gasteiger partial charge in [0, 0.05) is 17.7 Å². The average molecular weight is 310 g/mol. The van der Waals surface area contributed by atoms with Crippen molar-refractivity contribution in [3.8, 4) is 0 Å². The lowest BCUT2D eigenvalue weighted by Crippen LogP contribution is -2.88. The zero-order valence-corrected chi connectivity index (χ0v) is 12.0. The number of imidazole rings is 1. The van der Waals surface area contributed by atoms with Crippen molar-refractivity contribution in [1.82, 2.24) is 4.98 Å². The lowest BCUT2D eigenvalue weighted by molar-refractivity contribution is -0.840. The molecule has 0 saturated carbocycles. The number of nitro groups is 1. The van der Waals surface area contributed by atoms with E-state index in [1.807, 2.05) is 34.9 Å². The van der Waals surface area contributed by atoms with E-state index in [4.69, 9.17) is 5.73 Å². The Kier molecular flexibility index (Phi) is 2.77. The number of aromatic nitrogens is 2. The van der Waals surface area contributed by atoms with Crippen LogP contribution in [0.1, 0.15) is 11.7 Å². The van der Waals surface area contributed by atoms with E-state index in [0.717, 1.165) is 22.5 Å². The van der Waals surface area contributed by atoms with Crippen LogP contribution >= 0.6 is 0 Å². The summed E-state index contributed by atoms with van der Waals surface area (Å²) in [5, 5.41) is 14.1. The number of aromatic amines is 1. The van der Waals surface area contributed by atoms with Crippen molar-refractivity contribution in [1.29, 1.82) is 0 Å². The van der Waals surface area contributed by atoms with Crippen LogP contribution < -0.4 is 20.6 Å². The highest BCUT2D eigenvalue weighted by Crippen LogP contribution is 2.20. The van der Waals surface area contributed by atoms with Gasteiger partial charge in [-0.2, -0.15) is 9.88 Å². The Hall–Kier alpha value is -3.42. The summed E-state index contributed by atoms with van der Waals surface area (Å²) in [6, 6.07) is 14.3. The first-order chi connectivity index (χ1) is 11.1. The summed E-state index contributed by atoms with van der Waals surface area (Å²) in [6.45, 7) is 0. The number of nitro benzene ring substituents is 1. The van der Waals surface area contributed by atoms with Crippen molar-refractivity contribution in [2.75, 3.05) is 5.32 Å². The van der Waals surface area contributed by atoms with Gasteiger partial charge in [0.15, 0.2) is 0 Å². The van der Waals surface area contributed by atoms with E-state index in [1.165, 1.54) is 6.07 Å². The Morgan fingerprint density at radius 1 is 1.22 bits per heavy atom. The third-order valence-corrected chi connectivity index (χ3v) is 3.86. The van der Waals surface area contributed by atoms with Gasteiger partial charge >= 0.3 is 11.9 Å². The van der Waals surface area contributed by atoms with Crippen LogP contribution in [0.4, 0.5) is 11.6 Å². The molecule has 1 aliphatic heterocycles. The summed E-state index contributed by atoms with van der Waals surface area (Å²) in [7, 11) is 0. The molecule has 0 aliphatic carbocycles. The summed E-state index contributed by atoms with van der Waals surface area (Å²) in [5.74, 6) is 1.10. The molecule has 0 spiro atoms. The minimum Gasteiger partial charge on any atom is -0.290 e. The number of hydrogen-bond donors (Lipinski definition) is 4. The first-order valence-electron chi connectivity index (χ1n) is 7.06. The molecule has 1 aromatic heterocycles. The zero-order chi connectivity index (χ0) is 16.0. The number of fused-ring (bicyclic) bond motifs is 3. The molecular weight excluding hydrogens is 296 g/mol. The molecule has 8 nitrogen and oxygen atoms in total. The molecule has 23 heavy (non-hydrogen) atoms. The van der Waals surface area contributed by atoms with Crippen LogP contribution in [0.3, 0.4) is 0 Å². The van der Waals surface area contributed by atoms with E-state index < -0.39 is 4.92 Å². The van der Waals surface area contributed by atoms with Gasteiger partial charge in [-0.25, -0.2) is 9.98 Å². The van der Waals surface area contributed by atoms with Gasteiger partial charge in [0.1, 0.15) is 11.0 Å². The van der Waals surface area contributed by atoms with E-state index in [1.54, 1.807) is 12.1 Å². The summed E-state index contributed by atoms with van der Waals surface area (Å²) in [4.78, 5) is 17.0. The third-order valence-electron chi connectivity index (χ3n) is 3.86. The van der Waals surface area contributed by atoms with Crippen LogP contribution in [0.5, 0.6) is 0 Å². The molecule has 1 atom stereocenters. The second-order valence-electron chi connectivity index (χ2n) is 5.30. The molecule has 0 saturated heterocycles. The number of guanidine groups is 1. The maximum absolute atomic E-state index is 11.0.